The van der Waals surface area contributed by atoms with Crippen molar-refractivity contribution in [3.63, 3.8) is 0 Å². The Morgan fingerprint density at radius 2 is 1.75 bits per heavy atom. The Balaban J connectivity index is 1.79. The molecule has 3 nitrogen and oxygen atoms in total. The maximum Gasteiger partial charge on any atom is 0.275 e. The van der Waals surface area contributed by atoms with Gasteiger partial charge in [-0.15, -0.1) is 0 Å². The third kappa shape index (κ3) is 5.78. The SMILES string of the molecule is CC(C)[C@@H]([NH2+]CC(=O)NCCc1ccccc1)c1ccc(F)cc1. The first kappa shape index (κ1) is 18.1. The molecule has 0 aliphatic rings. The smallest absolute Gasteiger partial charge is 0.275 e. The van der Waals surface area contributed by atoms with Crippen LogP contribution in [0.1, 0.15) is 31.0 Å². The maximum absolute atomic E-state index is 13.1. The fourth-order valence-electron chi connectivity index (χ4n) is 2.78. The van der Waals surface area contributed by atoms with Crippen molar-refractivity contribution in [3.8, 4) is 0 Å². The molecule has 0 aliphatic carbocycles. The van der Waals surface area contributed by atoms with Gasteiger partial charge in [0.05, 0.1) is 0 Å². The van der Waals surface area contributed by atoms with Crippen LogP contribution in [0.2, 0.25) is 0 Å². The summed E-state index contributed by atoms with van der Waals surface area (Å²) >= 11 is 0. The second-order valence-electron chi connectivity index (χ2n) is 6.35. The molecule has 128 valence electrons. The average Bonchev–Trinajstić information content (AvgIpc) is 2.57. The van der Waals surface area contributed by atoms with Gasteiger partial charge in [0.25, 0.3) is 5.91 Å². The van der Waals surface area contributed by atoms with Crippen molar-refractivity contribution in [1.29, 1.82) is 0 Å². The van der Waals surface area contributed by atoms with Crippen LogP contribution in [0, 0.1) is 11.7 Å². The fraction of sp³-hybridized carbons (Fsp3) is 0.350. The number of halogens is 1. The van der Waals surface area contributed by atoms with Crippen molar-refractivity contribution in [2.24, 2.45) is 5.92 Å². The van der Waals surface area contributed by atoms with E-state index in [9.17, 15) is 9.18 Å². The minimum Gasteiger partial charge on any atom is -0.351 e. The summed E-state index contributed by atoms with van der Waals surface area (Å²) in [5, 5.41) is 4.98. The Morgan fingerprint density at radius 3 is 2.38 bits per heavy atom. The second kappa shape index (κ2) is 9.18. The first-order valence-electron chi connectivity index (χ1n) is 8.45. The third-order valence-corrected chi connectivity index (χ3v) is 4.11. The first-order chi connectivity index (χ1) is 11.6. The molecule has 0 bridgehead atoms. The Bertz CT molecular complexity index is 626. The molecule has 1 amide bonds. The van der Waals surface area contributed by atoms with Gasteiger partial charge in [-0.1, -0.05) is 56.3 Å². The predicted octanol–water partition coefficient (Wildman–Crippen LogP) is 2.45. The Hall–Kier alpha value is -2.20. The van der Waals surface area contributed by atoms with Crippen molar-refractivity contribution in [2.45, 2.75) is 26.3 Å². The lowest BCUT2D eigenvalue weighted by Gasteiger charge is -2.19. The second-order valence-corrected chi connectivity index (χ2v) is 6.35. The summed E-state index contributed by atoms with van der Waals surface area (Å²) in [6.45, 7) is 5.23. The molecule has 3 N–H and O–H groups in total. The van der Waals surface area contributed by atoms with Gasteiger partial charge in [0, 0.05) is 18.0 Å². The molecule has 0 spiro atoms. The number of carbonyl (C=O) groups is 1. The first-order valence-corrected chi connectivity index (χ1v) is 8.45. The summed E-state index contributed by atoms with van der Waals surface area (Å²) in [4.78, 5) is 12.0. The number of quaternary nitrogens is 1. The molecule has 0 heterocycles. The van der Waals surface area contributed by atoms with Crippen LogP contribution in [0.4, 0.5) is 4.39 Å². The number of nitrogens with one attached hydrogen (secondary N) is 1. The molecule has 0 radical (unpaired) electrons. The zero-order valence-corrected chi connectivity index (χ0v) is 14.3. The van der Waals surface area contributed by atoms with E-state index in [1.54, 1.807) is 12.1 Å². The number of hydrogen-bond acceptors (Lipinski definition) is 1. The van der Waals surface area contributed by atoms with Gasteiger partial charge < -0.3 is 10.6 Å². The lowest BCUT2D eigenvalue weighted by atomic mass is 9.96. The zero-order chi connectivity index (χ0) is 17.4. The molecule has 2 aromatic carbocycles. The number of benzene rings is 2. The van der Waals surface area contributed by atoms with Crippen LogP contribution >= 0.6 is 0 Å². The molecular weight excluding hydrogens is 303 g/mol. The quantitative estimate of drug-likeness (QED) is 0.768. The van der Waals surface area contributed by atoms with E-state index in [1.807, 2.05) is 23.5 Å². The molecule has 2 rings (SSSR count). The molecule has 0 aromatic heterocycles. The average molecular weight is 329 g/mol. The van der Waals surface area contributed by atoms with Gasteiger partial charge >= 0.3 is 0 Å². The lowest BCUT2D eigenvalue weighted by molar-refractivity contribution is -0.692. The number of hydrogen-bond donors (Lipinski definition) is 2. The van der Waals surface area contributed by atoms with Crippen molar-refractivity contribution < 1.29 is 14.5 Å². The zero-order valence-electron chi connectivity index (χ0n) is 14.3. The highest BCUT2D eigenvalue weighted by molar-refractivity contribution is 5.76. The van der Waals surface area contributed by atoms with Crippen LogP contribution in [0.5, 0.6) is 0 Å². The van der Waals surface area contributed by atoms with Gasteiger partial charge in [0.1, 0.15) is 11.9 Å². The van der Waals surface area contributed by atoms with E-state index in [-0.39, 0.29) is 17.8 Å². The summed E-state index contributed by atoms with van der Waals surface area (Å²) in [5.41, 5.74) is 2.26. The topological polar surface area (TPSA) is 45.7 Å². The Morgan fingerprint density at radius 1 is 1.08 bits per heavy atom. The number of carbonyl (C=O) groups excluding carboxylic acids is 1. The highest BCUT2D eigenvalue weighted by atomic mass is 19.1. The molecule has 24 heavy (non-hydrogen) atoms. The lowest BCUT2D eigenvalue weighted by Crippen LogP contribution is -2.88. The Kier molecular flexibility index (Phi) is 6.94. The molecular formula is C20H26FN2O+. The molecule has 0 unspecified atom stereocenters. The molecule has 4 heteroatoms. The van der Waals surface area contributed by atoms with Crippen molar-refractivity contribution in [3.05, 3.63) is 71.5 Å². The van der Waals surface area contributed by atoms with E-state index in [1.165, 1.54) is 17.7 Å². The van der Waals surface area contributed by atoms with Crippen LogP contribution in [0.3, 0.4) is 0 Å². The van der Waals surface area contributed by atoms with Gasteiger partial charge in [-0.25, -0.2) is 4.39 Å². The summed E-state index contributed by atoms with van der Waals surface area (Å²) < 4.78 is 13.1. The van der Waals surface area contributed by atoms with E-state index < -0.39 is 0 Å². The van der Waals surface area contributed by atoms with Crippen molar-refractivity contribution >= 4 is 5.91 Å². The van der Waals surface area contributed by atoms with E-state index >= 15 is 0 Å². The predicted molar refractivity (Wildman–Crippen MR) is 93.9 cm³/mol. The van der Waals surface area contributed by atoms with Gasteiger partial charge in [-0.3, -0.25) is 4.79 Å². The highest BCUT2D eigenvalue weighted by Crippen LogP contribution is 2.17. The van der Waals surface area contributed by atoms with Crippen LogP contribution < -0.4 is 10.6 Å². The standard InChI is InChI=1S/C20H25FN2O/c1-15(2)20(17-8-10-18(21)11-9-17)23-14-19(24)22-13-12-16-6-4-3-5-7-16/h3-11,15,20,23H,12-14H2,1-2H3,(H,22,24)/p+1/t20-/m1/s1. The van der Waals surface area contributed by atoms with E-state index in [4.69, 9.17) is 0 Å². The van der Waals surface area contributed by atoms with E-state index in [2.05, 4.69) is 31.3 Å². The van der Waals surface area contributed by atoms with Crippen molar-refractivity contribution in [1.82, 2.24) is 5.32 Å². The van der Waals surface area contributed by atoms with Gasteiger partial charge in [0.2, 0.25) is 0 Å². The Labute approximate surface area is 143 Å². The molecule has 0 saturated carbocycles. The third-order valence-electron chi connectivity index (χ3n) is 4.11. The summed E-state index contributed by atoms with van der Waals surface area (Å²) in [5.74, 6) is 0.145. The van der Waals surface area contributed by atoms with Crippen LogP contribution in [-0.2, 0) is 11.2 Å². The largest absolute Gasteiger partial charge is 0.351 e. The highest BCUT2D eigenvalue weighted by Gasteiger charge is 2.20. The molecule has 2 aromatic rings. The minimum absolute atomic E-state index is 0.0266. The molecule has 0 saturated heterocycles. The summed E-state index contributed by atoms with van der Waals surface area (Å²) in [7, 11) is 0. The summed E-state index contributed by atoms with van der Waals surface area (Å²) in [6, 6.07) is 16.8. The molecule has 0 fully saturated rings. The molecule has 1 atom stereocenters. The number of amides is 1. The van der Waals surface area contributed by atoms with Gasteiger partial charge in [-0.2, -0.15) is 0 Å². The van der Waals surface area contributed by atoms with Crippen molar-refractivity contribution in [2.75, 3.05) is 13.1 Å². The number of nitrogens with two attached hydrogens (primary N) is 1. The van der Waals surface area contributed by atoms with Crippen LogP contribution in [0.15, 0.2) is 54.6 Å². The van der Waals surface area contributed by atoms with Gasteiger partial charge in [-0.05, 0) is 24.1 Å². The fourth-order valence-corrected chi connectivity index (χ4v) is 2.78. The summed E-state index contributed by atoms with van der Waals surface area (Å²) in [6.07, 6.45) is 0.831. The monoisotopic (exact) mass is 329 g/mol. The van der Waals surface area contributed by atoms with E-state index in [0.29, 0.717) is 19.0 Å². The van der Waals surface area contributed by atoms with Crippen LogP contribution in [-0.4, -0.2) is 19.0 Å². The molecule has 0 aliphatic heterocycles. The normalized spacial score (nSPS) is 12.2. The van der Waals surface area contributed by atoms with Gasteiger partial charge in [0.15, 0.2) is 6.54 Å². The maximum atomic E-state index is 13.1. The minimum atomic E-state index is -0.236. The van der Waals surface area contributed by atoms with Crippen LogP contribution in [0.25, 0.3) is 0 Å². The number of rotatable bonds is 8. The van der Waals surface area contributed by atoms with E-state index in [0.717, 1.165) is 12.0 Å².